The summed E-state index contributed by atoms with van der Waals surface area (Å²) in [5.41, 5.74) is 4.11. The van der Waals surface area contributed by atoms with Gasteiger partial charge in [0.1, 0.15) is 11.6 Å². The van der Waals surface area contributed by atoms with Crippen molar-refractivity contribution >= 4 is 11.8 Å². The van der Waals surface area contributed by atoms with Gasteiger partial charge in [-0.1, -0.05) is 24.3 Å². The monoisotopic (exact) mass is 463 g/mol. The molecule has 176 valence electrons. The Morgan fingerprint density at radius 3 is 2.41 bits per heavy atom. The molecular weight excluding hydrogens is 436 g/mol. The number of hydrogen-bond donors (Lipinski definition) is 1. The van der Waals surface area contributed by atoms with Gasteiger partial charge in [0.2, 0.25) is 0 Å². The molecule has 1 aliphatic heterocycles. The summed E-state index contributed by atoms with van der Waals surface area (Å²) in [6.45, 7) is 5.12. The zero-order valence-corrected chi connectivity index (χ0v) is 19.3. The van der Waals surface area contributed by atoms with Crippen molar-refractivity contribution < 1.29 is 18.4 Å². The van der Waals surface area contributed by atoms with Crippen molar-refractivity contribution in [3.63, 3.8) is 0 Å². The molecule has 0 spiro atoms. The summed E-state index contributed by atoms with van der Waals surface area (Å²) < 4.78 is 27.3. The summed E-state index contributed by atoms with van der Waals surface area (Å²) in [5.74, 6) is -2.21. The normalized spacial score (nSPS) is 14.2. The van der Waals surface area contributed by atoms with E-state index in [0.29, 0.717) is 38.0 Å². The molecule has 1 aliphatic rings. The van der Waals surface area contributed by atoms with Crippen LogP contribution in [0.1, 0.15) is 62.0 Å². The van der Waals surface area contributed by atoms with Gasteiger partial charge in [0.25, 0.3) is 11.8 Å². The van der Waals surface area contributed by atoms with Crippen LogP contribution in [0.15, 0.2) is 54.6 Å². The first-order chi connectivity index (χ1) is 16.3. The largest absolute Gasteiger partial charge is 0.348 e. The van der Waals surface area contributed by atoms with Crippen LogP contribution in [0.4, 0.5) is 8.78 Å². The maximum absolute atomic E-state index is 14.1. The van der Waals surface area contributed by atoms with E-state index in [1.165, 1.54) is 6.07 Å². The zero-order valence-electron chi connectivity index (χ0n) is 19.3. The lowest BCUT2D eigenvalue weighted by molar-refractivity contribution is 0.0705. The number of benzene rings is 2. The highest BCUT2D eigenvalue weighted by Gasteiger charge is 2.29. The number of rotatable bonds is 5. The molecule has 0 atom stereocenters. The second-order valence-corrected chi connectivity index (χ2v) is 8.69. The van der Waals surface area contributed by atoms with Crippen LogP contribution >= 0.6 is 0 Å². The number of aryl methyl sites for hydroxylation is 2. The lowest BCUT2D eigenvalue weighted by Crippen LogP contribution is -2.39. The van der Waals surface area contributed by atoms with Crippen molar-refractivity contribution in [2.45, 2.75) is 39.2 Å². The molecule has 4 rings (SSSR count). The average molecular weight is 464 g/mol. The number of likely N-dealkylation sites (tertiary alicyclic amines) is 1. The van der Waals surface area contributed by atoms with Crippen molar-refractivity contribution in [1.29, 1.82) is 0 Å². The van der Waals surface area contributed by atoms with Crippen LogP contribution in [0.25, 0.3) is 0 Å². The van der Waals surface area contributed by atoms with Crippen molar-refractivity contribution in [1.82, 2.24) is 15.2 Å². The van der Waals surface area contributed by atoms with E-state index in [1.807, 2.05) is 44.2 Å². The highest BCUT2D eigenvalue weighted by atomic mass is 19.1. The maximum atomic E-state index is 14.1. The predicted molar refractivity (Wildman–Crippen MR) is 126 cm³/mol. The molecule has 0 radical (unpaired) electrons. The molecule has 1 aromatic heterocycles. The van der Waals surface area contributed by atoms with Crippen molar-refractivity contribution in [3.8, 4) is 0 Å². The molecule has 1 saturated heterocycles. The highest BCUT2D eigenvalue weighted by Crippen LogP contribution is 2.30. The first-order valence-corrected chi connectivity index (χ1v) is 11.4. The minimum absolute atomic E-state index is 0.00114. The third-order valence-corrected chi connectivity index (χ3v) is 6.34. The van der Waals surface area contributed by atoms with Crippen LogP contribution in [0.5, 0.6) is 0 Å². The quantitative estimate of drug-likeness (QED) is 0.584. The van der Waals surface area contributed by atoms with Crippen LogP contribution < -0.4 is 5.32 Å². The Hall–Kier alpha value is -3.61. The molecule has 2 amide bonds. The van der Waals surface area contributed by atoms with Gasteiger partial charge in [0.15, 0.2) is 0 Å². The molecule has 5 nitrogen and oxygen atoms in total. The van der Waals surface area contributed by atoms with E-state index in [9.17, 15) is 18.4 Å². The summed E-state index contributed by atoms with van der Waals surface area (Å²) in [5, 5.41) is 3.00. The molecule has 0 bridgehead atoms. The Labute approximate surface area is 197 Å². The average Bonchev–Trinajstić information content (AvgIpc) is 2.83. The Bertz CT molecular complexity index is 1220. The molecule has 0 saturated carbocycles. The minimum Gasteiger partial charge on any atom is -0.348 e. The fourth-order valence-corrected chi connectivity index (χ4v) is 4.35. The van der Waals surface area contributed by atoms with Gasteiger partial charge < -0.3 is 10.2 Å². The van der Waals surface area contributed by atoms with Crippen molar-refractivity contribution in [2.75, 3.05) is 13.1 Å². The number of halogens is 2. The number of nitrogens with one attached hydrogen (secondary N) is 1. The van der Waals surface area contributed by atoms with Crippen LogP contribution in [-0.4, -0.2) is 34.8 Å². The van der Waals surface area contributed by atoms with Gasteiger partial charge in [-0.2, -0.15) is 0 Å². The van der Waals surface area contributed by atoms with Gasteiger partial charge in [-0.15, -0.1) is 0 Å². The van der Waals surface area contributed by atoms with E-state index in [-0.39, 0.29) is 17.4 Å². The first-order valence-electron chi connectivity index (χ1n) is 11.4. The molecule has 2 heterocycles. The van der Waals surface area contributed by atoms with E-state index >= 15 is 0 Å². The molecule has 0 aliphatic carbocycles. The molecule has 2 aromatic carbocycles. The number of pyridine rings is 1. The van der Waals surface area contributed by atoms with E-state index in [0.717, 1.165) is 34.6 Å². The number of carbonyl (C=O) groups is 2. The number of hydrogen-bond acceptors (Lipinski definition) is 3. The van der Waals surface area contributed by atoms with E-state index in [2.05, 4.69) is 10.3 Å². The van der Waals surface area contributed by atoms with Crippen LogP contribution in [0, 0.1) is 25.5 Å². The lowest BCUT2D eigenvalue weighted by atomic mass is 9.89. The van der Waals surface area contributed by atoms with Gasteiger partial charge in [0, 0.05) is 37.3 Å². The van der Waals surface area contributed by atoms with Crippen LogP contribution in [-0.2, 0) is 6.54 Å². The van der Waals surface area contributed by atoms with Gasteiger partial charge in [-0.05, 0) is 62.1 Å². The van der Waals surface area contributed by atoms with Crippen LogP contribution in [0.3, 0.4) is 0 Å². The molecule has 3 aromatic rings. The second kappa shape index (κ2) is 10.1. The van der Waals surface area contributed by atoms with E-state index in [1.54, 1.807) is 11.0 Å². The Kier molecular flexibility index (Phi) is 7.01. The summed E-state index contributed by atoms with van der Waals surface area (Å²) >= 11 is 0. The molecule has 1 N–H and O–H groups in total. The lowest BCUT2D eigenvalue weighted by Gasteiger charge is -2.32. The Morgan fingerprint density at radius 2 is 1.71 bits per heavy atom. The maximum Gasteiger partial charge on any atom is 0.256 e. The number of nitrogens with zero attached hydrogens (tertiary/aromatic N) is 2. The molecule has 0 unspecified atom stereocenters. The summed E-state index contributed by atoms with van der Waals surface area (Å²) in [6.07, 6.45) is 1.20. The van der Waals surface area contributed by atoms with Gasteiger partial charge in [-0.3, -0.25) is 14.6 Å². The first kappa shape index (κ1) is 23.5. The second-order valence-electron chi connectivity index (χ2n) is 8.69. The number of carbonyl (C=O) groups excluding carboxylic acids is 2. The number of aromatic nitrogens is 1. The topological polar surface area (TPSA) is 62.3 Å². The van der Waals surface area contributed by atoms with Gasteiger partial charge in [-0.25, -0.2) is 8.78 Å². The standard InChI is InChI=1S/C27H27F2N3O2/c1-17-5-3-4-6-20(17)16-30-26(33)23-9-7-18(2)31-25(23)19-11-13-32(14-12-19)27(34)22-10-8-21(28)15-24(22)29/h3-10,15,19H,11-14,16H2,1-2H3,(H,30,33). The predicted octanol–water partition coefficient (Wildman–Crippen LogP) is 4.93. The smallest absolute Gasteiger partial charge is 0.256 e. The number of piperidine rings is 1. The molecule has 34 heavy (non-hydrogen) atoms. The fourth-order valence-electron chi connectivity index (χ4n) is 4.35. The van der Waals surface area contributed by atoms with E-state index in [4.69, 9.17) is 0 Å². The minimum atomic E-state index is -0.861. The molecule has 1 fully saturated rings. The zero-order chi connectivity index (χ0) is 24.2. The van der Waals surface area contributed by atoms with Gasteiger partial charge >= 0.3 is 0 Å². The van der Waals surface area contributed by atoms with Crippen molar-refractivity contribution in [2.24, 2.45) is 0 Å². The summed E-state index contributed by atoms with van der Waals surface area (Å²) in [4.78, 5) is 32.0. The highest BCUT2D eigenvalue weighted by molar-refractivity contribution is 5.96. The van der Waals surface area contributed by atoms with Crippen LogP contribution in [0.2, 0.25) is 0 Å². The summed E-state index contributed by atoms with van der Waals surface area (Å²) in [6, 6.07) is 14.5. The van der Waals surface area contributed by atoms with Crippen molar-refractivity contribution in [3.05, 3.63) is 99.9 Å². The van der Waals surface area contributed by atoms with E-state index < -0.39 is 17.5 Å². The SMILES string of the molecule is Cc1ccc(C(=O)NCc2ccccc2C)c(C2CCN(C(=O)c3ccc(F)cc3F)CC2)n1. The van der Waals surface area contributed by atoms with Gasteiger partial charge in [0.05, 0.1) is 16.8 Å². The molecule has 7 heteroatoms. The third-order valence-electron chi connectivity index (χ3n) is 6.34. The fraction of sp³-hybridized carbons (Fsp3) is 0.296. The number of amides is 2. The summed E-state index contributed by atoms with van der Waals surface area (Å²) in [7, 11) is 0. The third kappa shape index (κ3) is 5.14. The molecular formula is C27H27F2N3O2. The Balaban J connectivity index is 1.45. The Morgan fingerprint density at radius 1 is 1.00 bits per heavy atom.